The molecule has 0 radical (unpaired) electrons. The van der Waals surface area contributed by atoms with Gasteiger partial charge in [0.25, 0.3) is 0 Å². The Bertz CT molecular complexity index is 447. The third-order valence-electron chi connectivity index (χ3n) is 5.78. The van der Waals surface area contributed by atoms with E-state index in [9.17, 15) is 15.0 Å². The molecule has 0 aromatic heterocycles. The number of carbonyl (C=O) groups is 1. The lowest BCUT2D eigenvalue weighted by Gasteiger charge is -2.25. The van der Waals surface area contributed by atoms with Gasteiger partial charge in [-0.25, -0.2) is 0 Å². The molecule has 0 heterocycles. The molecule has 3 rings (SSSR count). The van der Waals surface area contributed by atoms with E-state index in [1.165, 1.54) is 19.3 Å². The van der Waals surface area contributed by atoms with Gasteiger partial charge in [-0.15, -0.1) is 0 Å². The van der Waals surface area contributed by atoms with Gasteiger partial charge in [0, 0.05) is 11.8 Å². The Morgan fingerprint density at radius 1 is 1.24 bits per heavy atom. The van der Waals surface area contributed by atoms with Gasteiger partial charge in [-0.2, -0.15) is 0 Å². The molecule has 3 nitrogen and oxygen atoms in total. The van der Waals surface area contributed by atoms with E-state index in [1.807, 2.05) is 12.2 Å². The fourth-order valence-electron chi connectivity index (χ4n) is 4.52. The Morgan fingerprint density at radius 3 is 2.67 bits per heavy atom. The van der Waals surface area contributed by atoms with Gasteiger partial charge < -0.3 is 10.2 Å². The molecule has 0 aromatic carbocycles. The monoisotopic (exact) mass is 290 g/mol. The molecule has 0 bridgehead atoms. The smallest absolute Gasteiger partial charge is 0.161 e. The van der Waals surface area contributed by atoms with Crippen molar-refractivity contribution in [3.63, 3.8) is 0 Å². The molecule has 116 valence electrons. The molecule has 3 heteroatoms. The maximum absolute atomic E-state index is 12.0. The molecular formula is C18H26O3. The first-order valence-corrected chi connectivity index (χ1v) is 8.34. The molecule has 0 saturated heterocycles. The van der Waals surface area contributed by atoms with Crippen LogP contribution in [0.2, 0.25) is 0 Å². The van der Waals surface area contributed by atoms with E-state index >= 15 is 0 Å². The Balaban J connectivity index is 1.64. The summed E-state index contributed by atoms with van der Waals surface area (Å²) in [5, 5.41) is 20.5. The zero-order chi connectivity index (χ0) is 15.0. The molecule has 0 unspecified atom stereocenters. The molecule has 0 aromatic rings. The van der Waals surface area contributed by atoms with Crippen molar-refractivity contribution in [2.24, 2.45) is 23.7 Å². The number of hydrogen-bond donors (Lipinski definition) is 2. The first-order chi connectivity index (χ1) is 10.1. The highest BCUT2D eigenvalue weighted by atomic mass is 16.3. The molecule has 5 atom stereocenters. The number of allylic oxidation sites excluding steroid dienone is 1. The Hall–Kier alpha value is -0.930. The fourth-order valence-corrected chi connectivity index (χ4v) is 4.52. The van der Waals surface area contributed by atoms with Gasteiger partial charge >= 0.3 is 0 Å². The van der Waals surface area contributed by atoms with Gasteiger partial charge in [0.2, 0.25) is 0 Å². The van der Waals surface area contributed by atoms with E-state index in [0.717, 1.165) is 12.8 Å². The predicted octanol–water partition coefficient (Wildman–Crippen LogP) is 2.63. The van der Waals surface area contributed by atoms with Gasteiger partial charge in [-0.3, -0.25) is 4.79 Å². The van der Waals surface area contributed by atoms with Crippen LogP contribution in [0.15, 0.2) is 24.3 Å². The first kappa shape index (κ1) is 15.0. The lowest BCUT2D eigenvalue weighted by atomic mass is 9.84. The highest BCUT2D eigenvalue weighted by Crippen LogP contribution is 2.48. The number of carbonyl (C=O) groups excluding carboxylic acids is 1. The van der Waals surface area contributed by atoms with Crippen molar-refractivity contribution in [3.05, 3.63) is 24.3 Å². The molecular weight excluding hydrogens is 264 g/mol. The molecule has 3 fully saturated rings. The second kappa shape index (κ2) is 6.05. The summed E-state index contributed by atoms with van der Waals surface area (Å²) in [7, 11) is 0. The van der Waals surface area contributed by atoms with Gasteiger partial charge in [0.05, 0.1) is 12.2 Å². The SMILES string of the molecule is C=C1C[C@H]2[C@H](C=C[C@@H](O)C3CCCCC3)[C@H](O)C[C@@H]2C1=O. The Morgan fingerprint density at radius 2 is 1.95 bits per heavy atom. The minimum Gasteiger partial charge on any atom is -0.392 e. The lowest BCUT2D eigenvalue weighted by Crippen LogP contribution is -2.22. The van der Waals surface area contributed by atoms with Crippen molar-refractivity contribution in [2.75, 3.05) is 0 Å². The van der Waals surface area contributed by atoms with Crippen LogP contribution in [0.4, 0.5) is 0 Å². The maximum atomic E-state index is 12.0. The Kier molecular flexibility index (Phi) is 4.32. The summed E-state index contributed by atoms with van der Waals surface area (Å²) in [6.45, 7) is 3.84. The molecule has 2 N–H and O–H groups in total. The minimum atomic E-state index is -0.452. The van der Waals surface area contributed by atoms with Crippen molar-refractivity contribution in [1.29, 1.82) is 0 Å². The van der Waals surface area contributed by atoms with E-state index in [4.69, 9.17) is 0 Å². The highest BCUT2D eigenvalue weighted by molar-refractivity contribution is 5.99. The number of aliphatic hydroxyl groups is 2. The van der Waals surface area contributed by atoms with Crippen LogP contribution in [0.5, 0.6) is 0 Å². The van der Waals surface area contributed by atoms with Crippen LogP contribution >= 0.6 is 0 Å². The van der Waals surface area contributed by atoms with Crippen molar-refractivity contribution < 1.29 is 15.0 Å². The summed E-state index contributed by atoms with van der Waals surface area (Å²) >= 11 is 0. The summed E-state index contributed by atoms with van der Waals surface area (Å²) in [5.74, 6) is 0.646. The van der Waals surface area contributed by atoms with E-state index in [-0.39, 0.29) is 23.5 Å². The van der Waals surface area contributed by atoms with Crippen LogP contribution in [0.25, 0.3) is 0 Å². The van der Waals surface area contributed by atoms with Gasteiger partial charge in [-0.1, -0.05) is 38.0 Å². The normalized spacial score (nSPS) is 39.1. The van der Waals surface area contributed by atoms with E-state index in [2.05, 4.69) is 6.58 Å². The molecule has 0 amide bonds. The molecule has 3 saturated carbocycles. The molecule has 0 aliphatic heterocycles. The second-order valence-corrected chi connectivity index (χ2v) is 7.10. The van der Waals surface area contributed by atoms with Crippen molar-refractivity contribution >= 4 is 5.78 Å². The second-order valence-electron chi connectivity index (χ2n) is 7.10. The largest absolute Gasteiger partial charge is 0.392 e. The third kappa shape index (κ3) is 2.86. The standard InChI is InChI=1S/C18H26O3/c1-11-9-14-13(17(20)10-15(14)18(11)21)7-8-16(19)12-5-3-2-4-6-12/h7-8,12-17,19-20H,1-6,9-10H2/t13-,14-,15-,16+,17+/m0/s1. The van der Waals surface area contributed by atoms with Crippen molar-refractivity contribution in [3.8, 4) is 0 Å². The topological polar surface area (TPSA) is 57.5 Å². The number of hydrogen-bond acceptors (Lipinski definition) is 3. The number of fused-ring (bicyclic) bond motifs is 1. The number of ketones is 1. The van der Waals surface area contributed by atoms with E-state index in [1.54, 1.807) is 0 Å². The maximum Gasteiger partial charge on any atom is 0.161 e. The van der Waals surface area contributed by atoms with E-state index in [0.29, 0.717) is 24.3 Å². The average molecular weight is 290 g/mol. The zero-order valence-electron chi connectivity index (χ0n) is 12.6. The zero-order valence-corrected chi connectivity index (χ0v) is 12.6. The number of Topliss-reactive ketones (excluding diaryl/α,β-unsaturated/α-hetero) is 1. The highest BCUT2D eigenvalue weighted by Gasteiger charge is 2.49. The van der Waals surface area contributed by atoms with Gasteiger partial charge in [-0.05, 0) is 43.1 Å². The fraction of sp³-hybridized carbons (Fsp3) is 0.722. The summed E-state index contributed by atoms with van der Waals surface area (Å²) in [6.07, 6.45) is 10.1. The minimum absolute atomic E-state index is 0.00330. The molecule has 3 aliphatic rings. The number of aliphatic hydroxyl groups excluding tert-OH is 2. The lowest BCUT2D eigenvalue weighted by molar-refractivity contribution is -0.118. The molecule has 21 heavy (non-hydrogen) atoms. The summed E-state index contributed by atoms with van der Waals surface area (Å²) < 4.78 is 0. The van der Waals surface area contributed by atoms with Crippen LogP contribution in [-0.4, -0.2) is 28.2 Å². The predicted molar refractivity (Wildman–Crippen MR) is 81.6 cm³/mol. The summed E-state index contributed by atoms with van der Waals surface area (Å²) in [6, 6.07) is 0. The quantitative estimate of drug-likeness (QED) is 0.620. The van der Waals surface area contributed by atoms with E-state index < -0.39 is 12.2 Å². The summed E-state index contributed by atoms with van der Waals surface area (Å²) in [5.41, 5.74) is 0.711. The van der Waals surface area contributed by atoms with Gasteiger partial charge in [0.1, 0.15) is 0 Å². The van der Waals surface area contributed by atoms with Crippen LogP contribution in [0.1, 0.15) is 44.9 Å². The Labute approximate surface area is 126 Å². The molecule has 3 aliphatic carbocycles. The van der Waals surface area contributed by atoms with Crippen LogP contribution in [0, 0.1) is 23.7 Å². The first-order valence-electron chi connectivity index (χ1n) is 8.34. The van der Waals surface area contributed by atoms with Crippen molar-refractivity contribution in [2.45, 2.75) is 57.2 Å². The van der Waals surface area contributed by atoms with Crippen LogP contribution < -0.4 is 0 Å². The summed E-state index contributed by atoms with van der Waals surface area (Å²) in [4.78, 5) is 12.0. The number of rotatable bonds is 3. The van der Waals surface area contributed by atoms with Crippen LogP contribution in [-0.2, 0) is 4.79 Å². The van der Waals surface area contributed by atoms with Crippen molar-refractivity contribution in [1.82, 2.24) is 0 Å². The molecule has 0 spiro atoms. The average Bonchev–Trinajstić information content (AvgIpc) is 2.94. The van der Waals surface area contributed by atoms with Gasteiger partial charge in [0.15, 0.2) is 5.78 Å². The third-order valence-corrected chi connectivity index (χ3v) is 5.78. The van der Waals surface area contributed by atoms with Crippen LogP contribution in [0.3, 0.4) is 0 Å².